The van der Waals surface area contributed by atoms with Crippen molar-refractivity contribution in [1.82, 2.24) is 0 Å². The molecular formula is C14H14FNO2. The molecule has 4 heteroatoms. The minimum atomic E-state index is -0.588. The standard InChI is InChI=1S/C14H14FNO2/c1-8-6-10-12(11(15)7-8)16(14(18)13(10)17)5-4-9-2-3-9/h6-7,9H,2-5H2,1H3. The normalized spacial score (nSPS) is 18.4. The highest BCUT2D eigenvalue weighted by Gasteiger charge is 2.38. The number of carbonyl (C=O) groups excluding carboxylic acids is 2. The Labute approximate surface area is 105 Å². The Morgan fingerprint density at radius 2 is 2.06 bits per heavy atom. The lowest BCUT2D eigenvalue weighted by molar-refractivity contribution is -0.114. The zero-order valence-corrected chi connectivity index (χ0v) is 10.2. The zero-order chi connectivity index (χ0) is 12.9. The van der Waals surface area contributed by atoms with Crippen molar-refractivity contribution in [2.24, 2.45) is 5.92 Å². The van der Waals surface area contributed by atoms with Crippen LogP contribution in [-0.4, -0.2) is 18.2 Å². The van der Waals surface area contributed by atoms with Gasteiger partial charge < -0.3 is 4.90 Å². The number of halogens is 1. The highest BCUT2D eigenvalue weighted by molar-refractivity contribution is 6.52. The number of nitrogens with zero attached hydrogens (tertiary/aromatic N) is 1. The number of hydrogen-bond acceptors (Lipinski definition) is 2. The monoisotopic (exact) mass is 247 g/mol. The Bertz CT molecular complexity index is 549. The van der Waals surface area contributed by atoms with Crippen LogP contribution in [0.4, 0.5) is 10.1 Å². The summed E-state index contributed by atoms with van der Waals surface area (Å²) in [6.45, 7) is 2.16. The van der Waals surface area contributed by atoms with E-state index in [0.29, 0.717) is 18.0 Å². The van der Waals surface area contributed by atoms with Gasteiger partial charge in [0.1, 0.15) is 5.82 Å². The maximum atomic E-state index is 13.9. The van der Waals surface area contributed by atoms with Crippen LogP contribution in [0.1, 0.15) is 35.2 Å². The lowest BCUT2D eigenvalue weighted by Gasteiger charge is -2.16. The molecule has 2 aliphatic rings. The van der Waals surface area contributed by atoms with Crippen LogP contribution < -0.4 is 4.90 Å². The van der Waals surface area contributed by atoms with Crippen molar-refractivity contribution in [3.63, 3.8) is 0 Å². The molecule has 1 amide bonds. The molecule has 0 spiro atoms. The zero-order valence-electron chi connectivity index (χ0n) is 10.2. The number of aryl methyl sites for hydroxylation is 1. The fraction of sp³-hybridized carbons (Fsp3) is 0.429. The van der Waals surface area contributed by atoms with E-state index < -0.39 is 17.5 Å². The summed E-state index contributed by atoms with van der Waals surface area (Å²) in [5.74, 6) is -0.996. The second-order valence-corrected chi connectivity index (χ2v) is 5.16. The molecule has 1 aromatic carbocycles. The van der Waals surface area contributed by atoms with Gasteiger partial charge >= 0.3 is 0 Å². The van der Waals surface area contributed by atoms with E-state index in [1.807, 2.05) is 0 Å². The van der Waals surface area contributed by atoms with Gasteiger partial charge in [0.25, 0.3) is 11.7 Å². The number of amides is 1. The molecule has 0 N–H and O–H groups in total. The number of fused-ring (bicyclic) bond motifs is 1. The van der Waals surface area contributed by atoms with Gasteiger partial charge in [-0.25, -0.2) is 4.39 Å². The molecular weight excluding hydrogens is 233 g/mol. The summed E-state index contributed by atoms with van der Waals surface area (Å²) in [5, 5.41) is 0. The molecule has 1 aromatic rings. The summed E-state index contributed by atoms with van der Waals surface area (Å²) < 4.78 is 13.9. The second kappa shape index (κ2) is 3.90. The van der Waals surface area contributed by atoms with Gasteiger partial charge in [0.15, 0.2) is 0 Å². The summed E-state index contributed by atoms with van der Waals surface area (Å²) in [5.41, 5.74) is 1.06. The SMILES string of the molecule is Cc1cc(F)c2c(c1)C(=O)C(=O)N2CCC1CC1. The Hall–Kier alpha value is -1.71. The van der Waals surface area contributed by atoms with Crippen LogP contribution >= 0.6 is 0 Å². The topological polar surface area (TPSA) is 37.4 Å². The number of benzene rings is 1. The molecule has 0 saturated heterocycles. The number of rotatable bonds is 3. The predicted molar refractivity (Wildman–Crippen MR) is 65.2 cm³/mol. The Morgan fingerprint density at radius 1 is 1.33 bits per heavy atom. The maximum Gasteiger partial charge on any atom is 0.299 e. The van der Waals surface area contributed by atoms with Crippen molar-refractivity contribution in [1.29, 1.82) is 0 Å². The van der Waals surface area contributed by atoms with Crippen LogP contribution in [-0.2, 0) is 4.79 Å². The molecule has 3 nitrogen and oxygen atoms in total. The van der Waals surface area contributed by atoms with Crippen LogP contribution in [0.5, 0.6) is 0 Å². The van der Waals surface area contributed by atoms with Crippen molar-refractivity contribution in [2.75, 3.05) is 11.4 Å². The largest absolute Gasteiger partial charge is 0.302 e. The molecule has 3 rings (SSSR count). The first-order valence-electron chi connectivity index (χ1n) is 6.24. The van der Waals surface area contributed by atoms with E-state index in [-0.39, 0.29) is 11.3 Å². The van der Waals surface area contributed by atoms with E-state index in [0.717, 1.165) is 6.42 Å². The van der Waals surface area contributed by atoms with E-state index >= 15 is 0 Å². The number of anilines is 1. The van der Waals surface area contributed by atoms with Crippen LogP contribution in [0.2, 0.25) is 0 Å². The molecule has 0 radical (unpaired) electrons. The van der Waals surface area contributed by atoms with Gasteiger partial charge in [0, 0.05) is 6.54 Å². The van der Waals surface area contributed by atoms with Gasteiger partial charge in [-0.05, 0) is 37.0 Å². The molecule has 0 aromatic heterocycles. The van der Waals surface area contributed by atoms with Crippen LogP contribution in [0.25, 0.3) is 0 Å². The quantitative estimate of drug-likeness (QED) is 0.769. The number of carbonyl (C=O) groups is 2. The van der Waals surface area contributed by atoms with Crippen molar-refractivity contribution >= 4 is 17.4 Å². The van der Waals surface area contributed by atoms with Gasteiger partial charge in [-0.3, -0.25) is 9.59 Å². The lowest BCUT2D eigenvalue weighted by atomic mass is 10.1. The van der Waals surface area contributed by atoms with Gasteiger partial charge in [0.2, 0.25) is 0 Å². The summed E-state index contributed by atoms with van der Waals surface area (Å²) in [6.07, 6.45) is 3.21. The van der Waals surface area contributed by atoms with Crippen molar-refractivity contribution < 1.29 is 14.0 Å². The molecule has 1 saturated carbocycles. The van der Waals surface area contributed by atoms with Gasteiger partial charge in [-0.2, -0.15) is 0 Å². The average molecular weight is 247 g/mol. The maximum absolute atomic E-state index is 13.9. The molecule has 1 aliphatic carbocycles. The molecule has 1 heterocycles. The summed E-state index contributed by atoms with van der Waals surface area (Å²) in [7, 11) is 0. The Morgan fingerprint density at radius 3 is 2.72 bits per heavy atom. The van der Waals surface area contributed by atoms with Gasteiger partial charge in [-0.1, -0.05) is 12.8 Å². The first kappa shape index (κ1) is 11.4. The molecule has 94 valence electrons. The van der Waals surface area contributed by atoms with E-state index in [9.17, 15) is 14.0 Å². The van der Waals surface area contributed by atoms with Crippen LogP contribution in [0, 0.1) is 18.7 Å². The lowest BCUT2D eigenvalue weighted by Crippen LogP contribution is -2.31. The fourth-order valence-corrected chi connectivity index (χ4v) is 2.45. The van der Waals surface area contributed by atoms with Crippen LogP contribution in [0.3, 0.4) is 0 Å². The number of hydrogen-bond donors (Lipinski definition) is 0. The molecule has 0 bridgehead atoms. The number of ketones is 1. The average Bonchev–Trinajstić information content (AvgIpc) is 3.10. The second-order valence-electron chi connectivity index (χ2n) is 5.16. The predicted octanol–water partition coefficient (Wildman–Crippen LogP) is 2.46. The number of Topliss-reactive ketones (excluding diaryl/α,β-unsaturated/α-hetero) is 1. The molecule has 0 unspecified atom stereocenters. The molecule has 1 fully saturated rings. The Balaban J connectivity index is 1.97. The Kier molecular flexibility index (Phi) is 2.47. The minimum Gasteiger partial charge on any atom is -0.302 e. The molecule has 1 aliphatic heterocycles. The summed E-state index contributed by atoms with van der Waals surface area (Å²) in [6, 6.07) is 2.96. The van der Waals surface area contributed by atoms with E-state index in [1.54, 1.807) is 13.0 Å². The third kappa shape index (κ3) is 1.72. The van der Waals surface area contributed by atoms with Crippen molar-refractivity contribution in [3.8, 4) is 0 Å². The minimum absolute atomic E-state index is 0.177. The fourth-order valence-electron chi connectivity index (χ4n) is 2.45. The third-order valence-corrected chi connectivity index (χ3v) is 3.62. The molecule has 0 atom stereocenters. The highest BCUT2D eigenvalue weighted by atomic mass is 19.1. The third-order valence-electron chi connectivity index (χ3n) is 3.62. The first-order chi connectivity index (χ1) is 8.58. The van der Waals surface area contributed by atoms with E-state index in [4.69, 9.17) is 0 Å². The van der Waals surface area contributed by atoms with Crippen molar-refractivity contribution in [3.05, 3.63) is 29.1 Å². The van der Waals surface area contributed by atoms with E-state index in [1.165, 1.54) is 23.8 Å². The van der Waals surface area contributed by atoms with E-state index in [2.05, 4.69) is 0 Å². The van der Waals surface area contributed by atoms with Crippen molar-refractivity contribution in [2.45, 2.75) is 26.2 Å². The first-order valence-corrected chi connectivity index (χ1v) is 6.24. The summed E-state index contributed by atoms with van der Waals surface area (Å²) >= 11 is 0. The highest BCUT2D eigenvalue weighted by Crippen LogP contribution is 2.36. The summed E-state index contributed by atoms with van der Waals surface area (Å²) in [4.78, 5) is 25.0. The van der Waals surface area contributed by atoms with Gasteiger partial charge in [-0.15, -0.1) is 0 Å². The molecule has 18 heavy (non-hydrogen) atoms. The smallest absolute Gasteiger partial charge is 0.299 e. The van der Waals surface area contributed by atoms with Crippen LogP contribution in [0.15, 0.2) is 12.1 Å². The van der Waals surface area contributed by atoms with Gasteiger partial charge in [0.05, 0.1) is 11.3 Å².